The van der Waals surface area contributed by atoms with Gasteiger partial charge in [-0.05, 0) is 27.7 Å². The second kappa shape index (κ2) is 3.92. The summed E-state index contributed by atoms with van der Waals surface area (Å²) < 4.78 is 5.59. The number of aromatic nitrogens is 2. The van der Waals surface area contributed by atoms with Crippen molar-refractivity contribution in [2.24, 2.45) is 0 Å². The first kappa shape index (κ1) is 10.9. The van der Waals surface area contributed by atoms with Gasteiger partial charge in [0.25, 0.3) is 0 Å². The second-order valence-electron chi connectivity index (χ2n) is 4.12. The van der Waals surface area contributed by atoms with Gasteiger partial charge in [-0.15, -0.1) is 0 Å². The van der Waals surface area contributed by atoms with Crippen molar-refractivity contribution in [2.45, 2.75) is 39.9 Å². The average molecular weight is 196 g/mol. The first-order chi connectivity index (χ1) is 6.42. The summed E-state index contributed by atoms with van der Waals surface area (Å²) in [5.41, 5.74) is 0.301. The Labute approximate surface area is 84.0 Å². The van der Waals surface area contributed by atoms with Gasteiger partial charge in [-0.1, -0.05) is 0 Å². The zero-order valence-electron chi connectivity index (χ0n) is 9.03. The maximum Gasteiger partial charge on any atom is 0.222 e. The molecule has 0 fully saturated rings. The number of aliphatic hydroxyl groups excluding tert-OH is 1. The third kappa shape index (κ3) is 2.96. The largest absolute Gasteiger partial charge is 0.472 e. The van der Waals surface area contributed by atoms with Crippen LogP contribution in [0.25, 0.3) is 0 Å². The van der Waals surface area contributed by atoms with Crippen LogP contribution < -0.4 is 4.74 Å². The molecule has 1 rings (SSSR count). The highest BCUT2D eigenvalue weighted by Gasteiger charge is 2.15. The summed E-state index contributed by atoms with van der Waals surface area (Å²) in [4.78, 5) is 8.13. The minimum absolute atomic E-state index is 0.105. The molecule has 0 unspecified atom stereocenters. The maximum absolute atomic E-state index is 9.05. The van der Waals surface area contributed by atoms with Crippen molar-refractivity contribution in [3.05, 3.63) is 17.6 Å². The van der Waals surface area contributed by atoms with Gasteiger partial charge in [0, 0.05) is 6.20 Å². The van der Waals surface area contributed by atoms with E-state index in [1.165, 1.54) is 0 Å². The Balaban J connectivity index is 2.99. The summed E-state index contributed by atoms with van der Waals surface area (Å²) in [5, 5.41) is 9.05. The normalized spacial score (nSPS) is 11.5. The molecule has 0 amide bonds. The van der Waals surface area contributed by atoms with E-state index in [1.807, 2.05) is 20.8 Å². The van der Waals surface area contributed by atoms with Crippen LogP contribution in [0.1, 0.15) is 32.2 Å². The van der Waals surface area contributed by atoms with Crippen LogP contribution in [0.4, 0.5) is 0 Å². The third-order valence-corrected chi connectivity index (χ3v) is 1.52. The Morgan fingerprint density at radius 2 is 2.07 bits per heavy atom. The van der Waals surface area contributed by atoms with E-state index >= 15 is 0 Å². The van der Waals surface area contributed by atoms with Gasteiger partial charge in [-0.25, -0.2) is 4.98 Å². The van der Waals surface area contributed by atoms with Crippen LogP contribution in [-0.4, -0.2) is 20.7 Å². The molecule has 0 spiro atoms. The van der Waals surface area contributed by atoms with Gasteiger partial charge < -0.3 is 9.84 Å². The van der Waals surface area contributed by atoms with E-state index in [2.05, 4.69) is 9.97 Å². The van der Waals surface area contributed by atoms with E-state index in [0.29, 0.717) is 17.3 Å². The number of nitrogens with zero attached hydrogens (tertiary/aromatic N) is 2. The van der Waals surface area contributed by atoms with E-state index in [-0.39, 0.29) is 12.2 Å². The van der Waals surface area contributed by atoms with Gasteiger partial charge in [0.05, 0.1) is 12.2 Å². The molecular weight excluding hydrogens is 180 g/mol. The standard InChI is InChI=1S/C10H16N2O2/c1-7-11-5-8(6-13)9(12-7)14-10(2,3)4/h5,13H,6H2,1-4H3. The summed E-state index contributed by atoms with van der Waals surface area (Å²) in [6.07, 6.45) is 1.59. The molecule has 0 saturated carbocycles. The molecule has 1 heterocycles. The number of hydrogen-bond donors (Lipinski definition) is 1. The van der Waals surface area contributed by atoms with Crippen LogP contribution in [-0.2, 0) is 6.61 Å². The number of aliphatic hydroxyl groups is 1. The van der Waals surface area contributed by atoms with Gasteiger partial charge in [-0.2, -0.15) is 4.98 Å². The first-order valence-electron chi connectivity index (χ1n) is 4.55. The van der Waals surface area contributed by atoms with Gasteiger partial charge >= 0.3 is 0 Å². The molecule has 0 bridgehead atoms. The van der Waals surface area contributed by atoms with Gasteiger partial charge in [0.15, 0.2) is 0 Å². The Bertz CT molecular complexity index is 318. The van der Waals surface area contributed by atoms with Crippen LogP contribution >= 0.6 is 0 Å². The topological polar surface area (TPSA) is 55.2 Å². The zero-order chi connectivity index (χ0) is 10.8. The lowest BCUT2D eigenvalue weighted by molar-refractivity contribution is 0.118. The molecule has 0 aliphatic carbocycles. The second-order valence-corrected chi connectivity index (χ2v) is 4.12. The molecule has 0 atom stereocenters. The predicted octanol–water partition coefficient (Wildman–Crippen LogP) is 1.45. The molecule has 0 aliphatic heterocycles. The Kier molecular flexibility index (Phi) is 3.06. The summed E-state index contributed by atoms with van der Waals surface area (Å²) >= 11 is 0. The Morgan fingerprint density at radius 1 is 1.43 bits per heavy atom. The smallest absolute Gasteiger partial charge is 0.222 e. The van der Waals surface area contributed by atoms with Crippen molar-refractivity contribution in [1.82, 2.24) is 9.97 Å². The molecule has 4 heteroatoms. The fraction of sp³-hybridized carbons (Fsp3) is 0.600. The maximum atomic E-state index is 9.05. The summed E-state index contributed by atoms with van der Waals surface area (Å²) in [7, 11) is 0. The number of aryl methyl sites for hydroxylation is 1. The lowest BCUT2D eigenvalue weighted by Crippen LogP contribution is -2.24. The molecule has 14 heavy (non-hydrogen) atoms. The van der Waals surface area contributed by atoms with Crippen molar-refractivity contribution in [3.8, 4) is 5.88 Å². The van der Waals surface area contributed by atoms with Gasteiger partial charge in [-0.3, -0.25) is 0 Å². The summed E-state index contributed by atoms with van der Waals surface area (Å²) in [6.45, 7) is 7.49. The molecule has 4 nitrogen and oxygen atoms in total. The van der Waals surface area contributed by atoms with Crippen molar-refractivity contribution < 1.29 is 9.84 Å². The monoisotopic (exact) mass is 196 g/mol. The minimum atomic E-state index is -0.315. The minimum Gasteiger partial charge on any atom is -0.472 e. The molecule has 78 valence electrons. The SMILES string of the molecule is Cc1ncc(CO)c(OC(C)(C)C)n1. The Morgan fingerprint density at radius 3 is 2.57 bits per heavy atom. The van der Waals surface area contributed by atoms with E-state index in [1.54, 1.807) is 13.1 Å². The molecule has 0 saturated heterocycles. The lowest BCUT2D eigenvalue weighted by Gasteiger charge is -2.21. The van der Waals surface area contributed by atoms with Crippen LogP contribution in [0.2, 0.25) is 0 Å². The third-order valence-electron chi connectivity index (χ3n) is 1.52. The van der Waals surface area contributed by atoms with E-state index in [9.17, 15) is 0 Å². The van der Waals surface area contributed by atoms with Crippen LogP contribution in [0, 0.1) is 6.92 Å². The van der Waals surface area contributed by atoms with Crippen molar-refractivity contribution in [2.75, 3.05) is 0 Å². The highest BCUT2D eigenvalue weighted by Crippen LogP contribution is 2.19. The van der Waals surface area contributed by atoms with Crippen molar-refractivity contribution in [1.29, 1.82) is 0 Å². The number of hydrogen-bond acceptors (Lipinski definition) is 4. The molecule has 1 N–H and O–H groups in total. The fourth-order valence-electron chi connectivity index (χ4n) is 0.961. The summed E-state index contributed by atoms with van der Waals surface area (Å²) in [6, 6.07) is 0. The molecule has 0 radical (unpaired) electrons. The number of rotatable bonds is 2. The van der Waals surface area contributed by atoms with Gasteiger partial charge in [0.1, 0.15) is 11.4 Å². The molecule has 0 aromatic carbocycles. The highest BCUT2D eigenvalue weighted by molar-refractivity contribution is 5.23. The van der Waals surface area contributed by atoms with Crippen LogP contribution in [0.15, 0.2) is 6.20 Å². The van der Waals surface area contributed by atoms with E-state index in [4.69, 9.17) is 9.84 Å². The Hall–Kier alpha value is -1.16. The zero-order valence-corrected chi connectivity index (χ0v) is 9.03. The molecule has 0 aliphatic rings. The van der Waals surface area contributed by atoms with E-state index < -0.39 is 0 Å². The average Bonchev–Trinajstić information content (AvgIpc) is 2.01. The highest BCUT2D eigenvalue weighted by atomic mass is 16.5. The van der Waals surface area contributed by atoms with Gasteiger partial charge in [0.2, 0.25) is 5.88 Å². The van der Waals surface area contributed by atoms with E-state index in [0.717, 1.165) is 0 Å². The molecule has 1 aromatic rings. The summed E-state index contributed by atoms with van der Waals surface area (Å²) in [5.74, 6) is 1.11. The lowest BCUT2D eigenvalue weighted by atomic mass is 10.2. The molecular formula is C10H16N2O2. The number of ether oxygens (including phenoxy) is 1. The fourth-order valence-corrected chi connectivity index (χ4v) is 0.961. The van der Waals surface area contributed by atoms with Crippen molar-refractivity contribution in [3.63, 3.8) is 0 Å². The molecule has 1 aromatic heterocycles. The predicted molar refractivity (Wildman–Crippen MR) is 53.1 cm³/mol. The van der Waals surface area contributed by atoms with Crippen molar-refractivity contribution >= 4 is 0 Å². The van der Waals surface area contributed by atoms with Crippen LogP contribution in [0.3, 0.4) is 0 Å². The first-order valence-corrected chi connectivity index (χ1v) is 4.55. The quantitative estimate of drug-likeness (QED) is 0.778. The van der Waals surface area contributed by atoms with Crippen LogP contribution in [0.5, 0.6) is 5.88 Å².